The molecule has 0 unspecified atom stereocenters. The Morgan fingerprint density at radius 1 is 1.13 bits per heavy atom. The predicted molar refractivity (Wildman–Crippen MR) is 90.0 cm³/mol. The summed E-state index contributed by atoms with van der Waals surface area (Å²) in [6.07, 6.45) is 9.72. The Bertz CT molecular complexity index is 617. The van der Waals surface area contributed by atoms with E-state index in [1.807, 2.05) is 35.3 Å². The molecular weight excluding hydrogens is 288 g/mol. The van der Waals surface area contributed by atoms with Crippen LogP contribution in [0.4, 0.5) is 4.79 Å². The molecule has 0 atom stereocenters. The van der Waals surface area contributed by atoms with E-state index in [1.54, 1.807) is 0 Å². The average Bonchev–Trinajstić information content (AvgIpc) is 3.02. The largest absolute Gasteiger partial charge is 0.335 e. The zero-order chi connectivity index (χ0) is 15.9. The zero-order valence-electron chi connectivity index (χ0n) is 13.4. The van der Waals surface area contributed by atoms with E-state index in [-0.39, 0.29) is 6.03 Å². The summed E-state index contributed by atoms with van der Waals surface area (Å²) in [6.45, 7) is 1.25. The van der Waals surface area contributed by atoms with Gasteiger partial charge < -0.3 is 10.6 Å². The number of hydrogen-bond donors (Lipinski definition) is 2. The summed E-state index contributed by atoms with van der Waals surface area (Å²) in [7, 11) is 0. The molecule has 0 aliphatic heterocycles. The van der Waals surface area contributed by atoms with E-state index >= 15 is 0 Å². The predicted octanol–water partition coefficient (Wildman–Crippen LogP) is 3.06. The molecule has 2 amide bonds. The van der Waals surface area contributed by atoms with Crippen molar-refractivity contribution in [3.8, 4) is 0 Å². The van der Waals surface area contributed by atoms with Gasteiger partial charge in [-0.05, 0) is 18.4 Å². The second kappa shape index (κ2) is 7.81. The van der Waals surface area contributed by atoms with Gasteiger partial charge in [0.2, 0.25) is 0 Å². The van der Waals surface area contributed by atoms with Crippen LogP contribution in [0.1, 0.15) is 43.2 Å². The van der Waals surface area contributed by atoms with Crippen molar-refractivity contribution in [1.82, 2.24) is 20.4 Å². The number of hydrogen-bond acceptors (Lipinski definition) is 2. The zero-order valence-corrected chi connectivity index (χ0v) is 13.4. The summed E-state index contributed by atoms with van der Waals surface area (Å²) in [5.74, 6) is 0. The average molecular weight is 312 g/mol. The van der Waals surface area contributed by atoms with Crippen LogP contribution >= 0.6 is 0 Å². The Morgan fingerprint density at radius 3 is 2.70 bits per heavy atom. The smallest absolute Gasteiger partial charge is 0.315 e. The van der Waals surface area contributed by atoms with Gasteiger partial charge in [-0.25, -0.2) is 4.79 Å². The molecule has 3 rings (SSSR count). The lowest BCUT2D eigenvalue weighted by molar-refractivity contribution is 0.232. The fourth-order valence-corrected chi connectivity index (χ4v) is 3.02. The Kier molecular flexibility index (Phi) is 5.29. The van der Waals surface area contributed by atoms with Gasteiger partial charge in [-0.3, -0.25) is 4.68 Å². The fraction of sp³-hybridized carbons (Fsp3) is 0.444. The number of rotatable bonds is 5. The number of benzene rings is 1. The van der Waals surface area contributed by atoms with Crippen LogP contribution in [-0.4, -0.2) is 21.9 Å². The van der Waals surface area contributed by atoms with Crippen LogP contribution in [0.2, 0.25) is 0 Å². The molecule has 0 radical (unpaired) electrons. The molecule has 1 aliphatic rings. The van der Waals surface area contributed by atoms with Crippen LogP contribution in [0.25, 0.3) is 0 Å². The second-order valence-corrected chi connectivity index (χ2v) is 6.19. The van der Waals surface area contributed by atoms with Gasteiger partial charge in [0, 0.05) is 24.3 Å². The van der Waals surface area contributed by atoms with Crippen LogP contribution in [0.5, 0.6) is 0 Å². The third kappa shape index (κ3) is 4.84. The maximum absolute atomic E-state index is 11.9. The van der Waals surface area contributed by atoms with Crippen molar-refractivity contribution in [3.63, 3.8) is 0 Å². The minimum atomic E-state index is -0.0762. The normalized spacial score (nSPS) is 15.3. The molecule has 122 valence electrons. The molecule has 0 bridgehead atoms. The molecule has 2 N–H and O–H groups in total. The fourth-order valence-electron chi connectivity index (χ4n) is 3.02. The number of carbonyl (C=O) groups is 1. The molecule has 0 spiro atoms. The highest BCUT2D eigenvalue weighted by Gasteiger charge is 2.15. The minimum Gasteiger partial charge on any atom is -0.335 e. The van der Waals surface area contributed by atoms with Gasteiger partial charge in [-0.15, -0.1) is 0 Å². The molecule has 1 fully saturated rings. The summed E-state index contributed by atoms with van der Waals surface area (Å²) >= 11 is 0. The van der Waals surface area contributed by atoms with Crippen LogP contribution in [0.15, 0.2) is 42.7 Å². The number of nitrogens with zero attached hydrogens (tertiary/aromatic N) is 2. The molecule has 1 aliphatic carbocycles. The van der Waals surface area contributed by atoms with E-state index in [0.717, 1.165) is 24.9 Å². The summed E-state index contributed by atoms with van der Waals surface area (Å²) in [5, 5.41) is 10.3. The minimum absolute atomic E-state index is 0.0762. The van der Waals surface area contributed by atoms with Crippen molar-refractivity contribution < 1.29 is 4.79 Å². The van der Waals surface area contributed by atoms with Gasteiger partial charge in [0.15, 0.2) is 0 Å². The molecule has 23 heavy (non-hydrogen) atoms. The van der Waals surface area contributed by atoms with Gasteiger partial charge in [-0.2, -0.15) is 5.10 Å². The molecule has 2 aromatic rings. The Hall–Kier alpha value is -2.30. The lowest BCUT2D eigenvalue weighted by Crippen LogP contribution is -2.42. The van der Waals surface area contributed by atoms with Crippen molar-refractivity contribution in [2.75, 3.05) is 0 Å². The van der Waals surface area contributed by atoms with Crippen molar-refractivity contribution in [2.24, 2.45) is 0 Å². The van der Waals surface area contributed by atoms with E-state index in [4.69, 9.17) is 0 Å². The Morgan fingerprint density at radius 2 is 1.91 bits per heavy atom. The number of urea groups is 1. The molecule has 1 aromatic carbocycles. The highest BCUT2D eigenvalue weighted by molar-refractivity contribution is 5.74. The summed E-state index contributed by atoms with van der Waals surface area (Å²) in [5.41, 5.74) is 2.23. The molecule has 1 aromatic heterocycles. The number of amides is 2. The lowest BCUT2D eigenvalue weighted by atomic mass is 9.96. The van der Waals surface area contributed by atoms with Crippen molar-refractivity contribution in [3.05, 3.63) is 53.9 Å². The van der Waals surface area contributed by atoms with Gasteiger partial charge in [-0.1, -0.05) is 49.6 Å². The first-order chi connectivity index (χ1) is 11.3. The first-order valence-corrected chi connectivity index (χ1v) is 8.39. The van der Waals surface area contributed by atoms with Gasteiger partial charge in [0.25, 0.3) is 0 Å². The molecule has 1 heterocycles. The maximum atomic E-state index is 11.9. The number of aromatic nitrogens is 2. The highest BCUT2D eigenvalue weighted by atomic mass is 16.2. The van der Waals surface area contributed by atoms with Crippen LogP contribution < -0.4 is 10.6 Å². The third-order valence-corrected chi connectivity index (χ3v) is 4.27. The Labute approximate surface area is 137 Å². The molecule has 5 nitrogen and oxygen atoms in total. The topological polar surface area (TPSA) is 59.0 Å². The van der Waals surface area contributed by atoms with E-state index in [1.165, 1.54) is 24.8 Å². The van der Waals surface area contributed by atoms with Gasteiger partial charge in [0.05, 0.1) is 12.7 Å². The highest BCUT2D eigenvalue weighted by Crippen LogP contribution is 2.17. The van der Waals surface area contributed by atoms with Crippen LogP contribution in [-0.2, 0) is 13.1 Å². The summed E-state index contributed by atoms with van der Waals surface area (Å²) in [4.78, 5) is 11.9. The summed E-state index contributed by atoms with van der Waals surface area (Å²) < 4.78 is 1.89. The maximum Gasteiger partial charge on any atom is 0.315 e. The first kappa shape index (κ1) is 15.6. The summed E-state index contributed by atoms with van der Waals surface area (Å²) in [6, 6.07) is 10.5. The first-order valence-electron chi connectivity index (χ1n) is 8.39. The van der Waals surface area contributed by atoms with E-state index in [2.05, 4.69) is 27.9 Å². The second-order valence-electron chi connectivity index (χ2n) is 6.19. The van der Waals surface area contributed by atoms with E-state index in [0.29, 0.717) is 12.6 Å². The number of carbonyl (C=O) groups excluding carboxylic acids is 1. The lowest BCUT2D eigenvalue weighted by Gasteiger charge is -2.22. The monoisotopic (exact) mass is 312 g/mol. The number of nitrogens with one attached hydrogen (secondary N) is 2. The molecule has 0 saturated heterocycles. The molecular formula is C18H24N4O. The van der Waals surface area contributed by atoms with Gasteiger partial charge >= 0.3 is 6.03 Å². The Balaban J connectivity index is 1.44. The van der Waals surface area contributed by atoms with E-state index in [9.17, 15) is 4.79 Å². The SMILES string of the molecule is O=C(NCc1cnn(Cc2ccccc2)c1)NC1CCCCC1. The van der Waals surface area contributed by atoms with Crippen LogP contribution in [0.3, 0.4) is 0 Å². The quantitative estimate of drug-likeness (QED) is 0.891. The van der Waals surface area contributed by atoms with Crippen molar-refractivity contribution in [1.29, 1.82) is 0 Å². The third-order valence-electron chi connectivity index (χ3n) is 4.27. The van der Waals surface area contributed by atoms with Crippen molar-refractivity contribution in [2.45, 2.75) is 51.2 Å². The van der Waals surface area contributed by atoms with Crippen LogP contribution in [0, 0.1) is 0 Å². The molecule has 1 saturated carbocycles. The van der Waals surface area contributed by atoms with Gasteiger partial charge in [0.1, 0.15) is 0 Å². The molecule has 5 heteroatoms. The standard InChI is InChI=1S/C18H24N4O/c23-18(21-17-9-5-2-6-10-17)19-11-16-12-20-22(14-16)13-15-7-3-1-4-8-15/h1,3-4,7-8,12,14,17H,2,5-6,9-11,13H2,(H2,19,21,23). The van der Waals surface area contributed by atoms with Crippen molar-refractivity contribution >= 4 is 6.03 Å². The van der Waals surface area contributed by atoms with E-state index < -0.39 is 0 Å².